The average Bonchev–Trinajstić information content (AvgIpc) is 3.02. The standard InChI is InChI=1S/C18H9ClF4N4O3/c19-14-9(18(21,22)23)2-4-11-13(14)15(8-5-7(28)1-3-10(8)20)24-6-12-25-16(17(29)30)26-27(11)12/h1-5,28H,6H2,(H,29,30). The monoisotopic (exact) mass is 440 g/mol. The van der Waals surface area contributed by atoms with Crippen LogP contribution in [0.25, 0.3) is 5.69 Å². The number of halogens is 5. The second kappa shape index (κ2) is 6.80. The van der Waals surface area contributed by atoms with Gasteiger partial charge < -0.3 is 10.2 Å². The lowest BCUT2D eigenvalue weighted by molar-refractivity contribution is -0.137. The number of carbonyl (C=O) groups is 1. The van der Waals surface area contributed by atoms with E-state index in [2.05, 4.69) is 15.1 Å². The van der Waals surface area contributed by atoms with E-state index in [4.69, 9.17) is 16.7 Å². The van der Waals surface area contributed by atoms with Gasteiger partial charge in [0, 0.05) is 11.1 Å². The molecule has 2 heterocycles. The minimum absolute atomic E-state index is 0.0000339. The van der Waals surface area contributed by atoms with Gasteiger partial charge in [-0.1, -0.05) is 11.6 Å². The van der Waals surface area contributed by atoms with Crippen molar-refractivity contribution in [1.82, 2.24) is 14.8 Å². The maximum absolute atomic E-state index is 14.5. The summed E-state index contributed by atoms with van der Waals surface area (Å²) in [4.78, 5) is 19.2. The smallest absolute Gasteiger partial charge is 0.417 e. The number of carboxylic acid groups (broad SMARTS) is 1. The van der Waals surface area contributed by atoms with Crippen molar-refractivity contribution in [2.45, 2.75) is 12.7 Å². The van der Waals surface area contributed by atoms with E-state index in [-0.39, 0.29) is 40.6 Å². The van der Waals surface area contributed by atoms with Crippen molar-refractivity contribution in [2.24, 2.45) is 4.99 Å². The van der Waals surface area contributed by atoms with E-state index in [0.717, 1.165) is 28.9 Å². The van der Waals surface area contributed by atoms with Crippen LogP contribution in [-0.4, -0.2) is 36.7 Å². The fraction of sp³-hybridized carbons (Fsp3) is 0.111. The normalized spacial score (nSPS) is 13.3. The molecule has 0 unspecified atom stereocenters. The summed E-state index contributed by atoms with van der Waals surface area (Å²) in [6.07, 6.45) is -4.82. The van der Waals surface area contributed by atoms with Gasteiger partial charge in [-0.25, -0.2) is 18.9 Å². The third kappa shape index (κ3) is 3.16. The zero-order chi connectivity index (χ0) is 21.8. The van der Waals surface area contributed by atoms with Crippen LogP contribution in [-0.2, 0) is 12.7 Å². The largest absolute Gasteiger partial charge is 0.508 e. The molecule has 3 aromatic rings. The summed E-state index contributed by atoms with van der Waals surface area (Å²) < 4.78 is 55.8. The Labute approximate surface area is 169 Å². The molecule has 0 saturated heterocycles. The number of nitrogens with zero attached hydrogens (tertiary/aromatic N) is 4. The number of aliphatic imine (C=N–C) groups is 1. The molecular weight excluding hydrogens is 432 g/mol. The van der Waals surface area contributed by atoms with Crippen LogP contribution in [0, 0.1) is 5.82 Å². The molecule has 1 aromatic heterocycles. The van der Waals surface area contributed by atoms with Crippen LogP contribution in [0.3, 0.4) is 0 Å². The van der Waals surface area contributed by atoms with Crippen LogP contribution in [0.2, 0.25) is 5.02 Å². The van der Waals surface area contributed by atoms with Crippen molar-refractivity contribution in [3.05, 3.63) is 69.5 Å². The quantitative estimate of drug-likeness (QED) is 0.590. The highest BCUT2D eigenvalue weighted by Crippen LogP contribution is 2.40. The lowest BCUT2D eigenvalue weighted by Gasteiger charge is -2.17. The summed E-state index contributed by atoms with van der Waals surface area (Å²) in [6, 6.07) is 4.72. The lowest BCUT2D eigenvalue weighted by Crippen LogP contribution is -2.15. The van der Waals surface area contributed by atoms with Crippen LogP contribution in [0.15, 0.2) is 35.3 Å². The number of rotatable bonds is 2. The van der Waals surface area contributed by atoms with Crippen molar-refractivity contribution >= 4 is 23.3 Å². The molecule has 4 rings (SSSR count). The molecule has 1 aliphatic heterocycles. The van der Waals surface area contributed by atoms with Gasteiger partial charge in [-0.05, 0) is 30.3 Å². The van der Waals surface area contributed by atoms with Gasteiger partial charge in [0.25, 0.3) is 5.82 Å². The zero-order valence-corrected chi connectivity index (χ0v) is 15.3. The molecule has 2 N–H and O–H groups in total. The maximum atomic E-state index is 14.5. The molecule has 0 amide bonds. The predicted molar refractivity (Wildman–Crippen MR) is 95.7 cm³/mol. The molecule has 1 aliphatic rings. The van der Waals surface area contributed by atoms with Crippen molar-refractivity contribution in [2.75, 3.05) is 0 Å². The highest BCUT2D eigenvalue weighted by molar-refractivity contribution is 6.37. The summed E-state index contributed by atoms with van der Waals surface area (Å²) >= 11 is 6.09. The van der Waals surface area contributed by atoms with Crippen LogP contribution >= 0.6 is 11.6 Å². The van der Waals surface area contributed by atoms with Gasteiger partial charge >= 0.3 is 12.1 Å². The highest BCUT2D eigenvalue weighted by atomic mass is 35.5. The first-order valence-corrected chi connectivity index (χ1v) is 8.58. The third-order valence-corrected chi connectivity index (χ3v) is 4.73. The molecule has 0 spiro atoms. The number of carboxylic acids is 1. The molecule has 12 heteroatoms. The molecule has 0 fully saturated rings. The minimum Gasteiger partial charge on any atom is -0.508 e. The minimum atomic E-state index is -4.82. The van der Waals surface area contributed by atoms with Crippen molar-refractivity contribution in [1.29, 1.82) is 0 Å². The Hall–Kier alpha value is -3.47. The highest BCUT2D eigenvalue weighted by Gasteiger charge is 2.37. The molecule has 0 radical (unpaired) electrons. The van der Waals surface area contributed by atoms with Gasteiger partial charge in [0.1, 0.15) is 11.6 Å². The molecule has 154 valence electrons. The summed E-state index contributed by atoms with van der Waals surface area (Å²) in [6.45, 7) is -0.322. The number of alkyl halides is 3. The van der Waals surface area contributed by atoms with Gasteiger partial charge in [0.15, 0.2) is 5.82 Å². The number of phenols is 1. The first-order chi connectivity index (χ1) is 14.1. The van der Waals surface area contributed by atoms with Crippen LogP contribution in [0.1, 0.15) is 33.1 Å². The third-order valence-electron chi connectivity index (χ3n) is 4.34. The predicted octanol–water partition coefficient (Wildman–Crippen LogP) is 3.83. The van der Waals surface area contributed by atoms with Gasteiger partial charge in [-0.3, -0.25) is 4.99 Å². The lowest BCUT2D eigenvalue weighted by atomic mass is 9.97. The Morgan fingerprint density at radius 3 is 2.60 bits per heavy atom. The molecule has 0 aliphatic carbocycles. The number of hydrogen-bond acceptors (Lipinski definition) is 5. The van der Waals surface area contributed by atoms with Crippen LogP contribution in [0.5, 0.6) is 5.75 Å². The zero-order valence-electron chi connectivity index (χ0n) is 14.6. The molecule has 7 nitrogen and oxygen atoms in total. The molecule has 0 atom stereocenters. The Kier molecular flexibility index (Phi) is 4.49. The summed E-state index contributed by atoms with van der Waals surface area (Å²) in [7, 11) is 0. The number of benzene rings is 2. The molecular formula is C18H9ClF4N4O3. The fourth-order valence-corrected chi connectivity index (χ4v) is 3.42. The van der Waals surface area contributed by atoms with Crippen molar-refractivity contribution in [3.8, 4) is 11.4 Å². The van der Waals surface area contributed by atoms with Gasteiger partial charge in [-0.15, -0.1) is 5.10 Å². The van der Waals surface area contributed by atoms with Crippen LogP contribution in [0.4, 0.5) is 17.6 Å². The molecule has 30 heavy (non-hydrogen) atoms. The SMILES string of the molecule is O=C(O)c1nc2n(n1)-c1ccc(C(F)(F)F)c(Cl)c1C(c1cc(O)ccc1F)=NC2. The summed E-state index contributed by atoms with van der Waals surface area (Å²) in [5, 5.41) is 21.9. The number of hydrogen-bond donors (Lipinski definition) is 2. The van der Waals surface area contributed by atoms with Gasteiger partial charge in [0.2, 0.25) is 0 Å². The van der Waals surface area contributed by atoms with Gasteiger partial charge in [-0.2, -0.15) is 13.2 Å². The Morgan fingerprint density at radius 1 is 1.20 bits per heavy atom. The Balaban J connectivity index is 2.07. The summed E-state index contributed by atoms with van der Waals surface area (Å²) in [5.41, 5.74) is -2.14. The number of fused-ring (bicyclic) bond motifs is 3. The van der Waals surface area contributed by atoms with E-state index in [0.29, 0.717) is 6.07 Å². The number of phenolic OH excluding ortho intramolecular Hbond substituents is 1. The topological polar surface area (TPSA) is 101 Å². The van der Waals surface area contributed by atoms with E-state index in [1.54, 1.807) is 0 Å². The van der Waals surface area contributed by atoms with E-state index < -0.39 is 34.4 Å². The Morgan fingerprint density at radius 2 is 1.93 bits per heavy atom. The van der Waals surface area contributed by atoms with E-state index in [1.807, 2.05) is 0 Å². The van der Waals surface area contributed by atoms with Gasteiger partial charge in [0.05, 0.1) is 28.5 Å². The number of aromatic hydroxyl groups is 1. The average molecular weight is 441 g/mol. The van der Waals surface area contributed by atoms with Crippen molar-refractivity contribution < 1.29 is 32.6 Å². The number of aromatic nitrogens is 3. The maximum Gasteiger partial charge on any atom is 0.417 e. The Bertz CT molecular complexity index is 1240. The molecule has 2 aromatic carbocycles. The van der Waals surface area contributed by atoms with E-state index in [9.17, 15) is 27.5 Å². The molecule has 0 bridgehead atoms. The first-order valence-electron chi connectivity index (χ1n) is 8.21. The van der Waals surface area contributed by atoms with E-state index in [1.165, 1.54) is 0 Å². The second-order valence-corrected chi connectivity index (χ2v) is 6.59. The second-order valence-electron chi connectivity index (χ2n) is 6.22. The van der Waals surface area contributed by atoms with E-state index >= 15 is 0 Å². The fourth-order valence-electron chi connectivity index (χ4n) is 3.06. The number of aromatic carboxylic acids is 1. The summed E-state index contributed by atoms with van der Waals surface area (Å²) in [5.74, 6) is -3.23. The van der Waals surface area contributed by atoms with Crippen LogP contribution < -0.4 is 0 Å². The first kappa shape index (κ1) is 19.8. The van der Waals surface area contributed by atoms with Crippen molar-refractivity contribution in [3.63, 3.8) is 0 Å². The molecule has 0 saturated carbocycles.